The summed E-state index contributed by atoms with van der Waals surface area (Å²) in [7, 11) is 2.79. The van der Waals surface area contributed by atoms with Crippen LogP contribution in [-0.4, -0.2) is 30.8 Å². The number of fused-ring (bicyclic) bond motifs is 1. The van der Waals surface area contributed by atoms with Crippen LogP contribution >= 0.6 is 22.9 Å². The molecule has 0 aliphatic carbocycles. The van der Waals surface area contributed by atoms with Crippen LogP contribution in [-0.2, 0) is 25.3 Å². The third kappa shape index (κ3) is 4.56. The first-order valence-corrected chi connectivity index (χ1v) is 10.9. The monoisotopic (exact) mass is 515 g/mol. The number of anilines is 1. The minimum Gasteiger partial charge on any atom is -0.403 e. The van der Waals surface area contributed by atoms with Crippen molar-refractivity contribution in [2.24, 2.45) is 14.1 Å². The van der Waals surface area contributed by atoms with Gasteiger partial charge in [-0.05, 0) is 29.7 Å². The molecular weight excluding hydrogens is 502 g/mol. The molecule has 0 atom stereocenters. The molecule has 0 bridgehead atoms. The smallest absolute Gasteiger partial charge is 0.403 e. The summed E-state index contributed by atoms with van der Waals surface area (Å²) in [6, 6.07) is 2.90. The van der Waals surface area contributed by atoms with Gasteiger partial charge >= 0.3 is 12.1 Å². The fraction of sp³-hybridized carbons (Fsp3) is 0.211. The van der Waals surface area contributed by atoms with Gasteiger partial charge in [-0.3, -0.25) is 18.7 Å². The first-order chi connectivity index (χ1) is 15.9. The van der Waals surface area contributed by atoms with Gasteiger partial charge < -0.3 is 10.1 Å². The highest BCUT2D eigenvalue weighted by Gasteiger charge is 2.32. The van der Waals surface area contributed by atoms with Gasteiger partial charge in [0, 0.05) is 29.9 Å². The molecule has 1 amide bonds. The minimum absolute atomic E-state index is 0.136. The van der Waals surface area contributed by atoms with Gasteiger partial charge in [0.1, 0.15) is 0 Å². The van der Waals surface area contributed by atoms with Crippen LogP contribution in [0.4, 0.5) is 22.7 Å². The van der Waals surface area contributed by atoms with E-state index >= 15 is 0 Å². The largest absolute Gasteiger partial charge is 0.573 e. The van der Waals surface area contributed by atoms with Gasteiger partial charge in [0.25, 0.3) is 5.56 Å². The molecule has 0 saturated carbocycles. The molecule has 178 valence electrons. The Morgan fingerprint density at radius 1 is 1.21 bits per heavy atom. The highest BCUT2D eigenvalue weighted by molar-refractivity contribution is 7.14. The Labute approximate surface area is 195 Å². The van der Waals surface area contributed by atoms with Gasteiger partial charge in [-0.15, -0.1) is 24.5 Å². The highest BCUT2D eigenvalue weighted by atomic mass is 32.1. The Kier molecular flexibility index (Phi) is 5.99. The fourth-order valence-electron chi connectivity index (χ4n) is 3.09. The van der Waals surface area contributed by atoms with E-state index < -0.39 is 35.1 Å². The van der Waals surface area contributed by atoms with Crippen LogP contribution in [0.1, 0.15) is 4.88 Å². The Bertz CT molecular complexity index is 1540. The topological polar surface area (TPSA) is 108 Å². The second-order valence-corrected chi connectivity index (χ2v) is 8.68. The number of aryl methyl sites for hydroxylation is 1. The number of carbonyl (C=O) groups excluding carboxylic acids is 1. The fourth-order valence-corrected chi connectivity index (χ4v) is 4.70. The molecule has 15 heteroatoms. The summed E-state index contributed by atoms with van der Waals surface area (Å²) in [5.41, 5.74) is -0.599. The molecule has 3 aromatic heterocycles. The number of hydrogen-bond acceptors (Lipinski definition) is 8. The van der Waals surface area contributed by atoms with E-state index in [4.69, 9.17) is 0 Å². The van der Waals surface area contributed by atoms with Crippen molar-refractivity contribution in [2.75, 3.05) is 5.32 Å². The average molecular weight is 515 g/mol. The predicted molar refractivity (Wildman–Crippen MR) is 117 cm³/mol. The number of thiazole rings is 1. The van der Waals surface area contributed by atoms with Crippen molar-refractivity contribution in [3.8, 4) is 17.0 Å². The standard InChI is InChI=1S/C19H13F4N5O4S2/c1-27-15-14(16(30)28(2)18(27)31)12(34-26-15)6-13(29)25-17-24-10(7-33-17)8-3-4-9(20)11(5-8)32-19(21,22)23/h3-5,7H,6H2,1-2H3,(H,24,25,29). The molecule has 34 heavy (non-hydrogen) atoms. The molecule has 0 aliphatic heterocycles. The van der Waals surface area contributed by atoms with Crippen molar-refractivity contribution in [1.82, 2.24) is 18.5 Å². The van der Waals surface area contributed by atoms with Gasteiger partial charge in [-0.2, -0.15) is 4.37 Å². The SMILES string of the molecule is Cn1c(=O)c2c(CC(=O)Nc3nc(-c4ccc(F)c(OC(F)(F)F)c4)cs3)snc2n(C)c1=O. The van der Waals surface area contributed by atoms with E-state index in [1.807, 2.05) is 0 Å². The van der Waals surface area contributed by atoms with Gasteiger partial charge in [0.15, 0.2) is 22.3 Å². The van der Waals surface area contributed by atoms with Gasteiger partial charge in [0.05, 0.1) is 17.5 Å². The molecule has 1 N–H and O–H groups in total. The third-order valence-corrected chi connectivity index (χ3v) is 6.27. The van der Waals surface area contributed by atoms with Gasteiger partial charge in [0.2, 0.25) is 5.91 Å². The average Bonchev–Trinajstić information content (AvgIpc) is 3.38. The molecule has 4 aromatic rings. The lowest BCUT2D eigenvalue weighted by molar-refractivity contribution is -0.275. The number of hydrogen-bond donors (Lipinski definition) is 1. The van der Waals surface area contributed by atoms with E-state index in [0.29, 0.717) is 4.88 Å². The van der Waals surface area contributed by atoms with Crippen LogP contribution in [0.15, 0.2) is 33.2 Å². The summed E-state index contributed by atoms with van der Waals surface area (Å²) in [5.74, 6) is -2.72. The first-order valence-electron chi connectivity index (χ1n) is 9.30. The van der Waals surface area contributed by atoms with E-state index in [2.05, 4.69) is 19.4 Å². The molecule has 0 aliphatic rings. The molecule has 0 unspecified atom stereocenters. The maximum Gasteiger partial charge on any atom is 0.573 e. The number of alkyl halides is 3. The number of amides is 1. The van der Waals surface area contributed by atoms with Crippen molar-refractivity contribution in [2.45, 2.75) is 12.8 Å². The zero-order chi connectivity index (χ0) is 24.8. The van der Waals surface area contributed by atoms with Crippen molar-refractivity contribution < 1.29 is 27.1 Å². The number of benzene rings is 1. The summed E-state index contributed by atoms with van der Waals surface area (Å²) in [6.45, 7) is 0. The number of ether oxygens (including phenoxy) is 1. The summed E-state index contributed by atoms with van der Waals surface area (Å²) < 4.78 is 60.9. The molecule has 0 radical (unpaired) electrons. The van der Waals surface area contributed by atoms with E-state index in [1.54, 1.807) is 0 Å². The Morgan fingerprint density at radius 3 is 2.65 bits per heavy atom. The van der Waals surface area contributed by atoms with E-state index in [0.717, 1.165) is 39.6 Å². The third-order valence-electron chi connectivity index (χ3n) is 4.68. The number of halogens is 4. The number of rotatable bonds is 5. The lowest BCUT2D eigenvalue weighted by Gasteiger charge is -2.10. The van der Waals surface area contributed by atoms with E-state index in [-0.39, 0.29) is 33.8 Å². The quantitative estimate of drug-likeness (QED) is 0.410. The maximum absolute atomic E-state index is 13.6. The lowest BCUT2D eigenvalue weighted by Crippen LogP contribution is -2.37. The normalized spacial score (nSPS) is 11.7. The maximum atomic E-state index is 13.6. The van der Waals surface area contributed by atoms with Crippen molar-refractivity contribution >= 4 is 44.9 Å². The Balaban J connectivity index is 1.54. The highest BCUT2D eigenvalue weighted by Crippen LogP contribution is 2.32. The molecule has 9 nitrogen and oxygen atoms in total. The second kappa shape index (κ2) is 8.64. The van der Waals surface area contributed by atoms with E-state index in [1.165, 1.54) is 30.1 Å². The molecule has 1 aromatic carbocycles. The summed E-state index contributed by atoms with van der Waals surface area (Å²) in [4.78, 5) is 41.5. The molecule has 3 heterocycles. The predicted octanol–water partition coefficient (Wildman–Crippen LogP) is 3.04. The summed E-state index contributed by atoms with van der Waals surface area (Å²) >= 11 is 1.91. The van der Waals surface area contributed by atoms with Crippen LogP contribution in [0, 0.1) is 5.82 Å². The number of carbonyl (C=O) groups is 1. The first kappa shape index (κ1) is 23.6. The minimum atomic E-state index is -5.06. The van der Waals surface area contributed by atoms with Crippen LogP contribution < -0.4 is 21.3 Å². The van der Waals surface area contributed by atoms with Crippen LogP contribution in [0.25, 0.3) is 22.3 Å². The molecule has 0 fully saturated rings. The zero-order valence-corrected chi connectivity index (χ0v) is 18.9. The Morgan fingerprint density at radius 2 is 1.94 bits per heavy atom. The lowest BCUT2D eigenvalue weighted by atomic mass is 10.1. The Hall–Kier alpha value is -3.59. The molecule has 0 saturated heterocycles. The zero-order valence-electron chi connectivity index (χ0n) is 17.3. The van der Waals surface area contributed by atoms with Crippen LogP contribution in [0.5, 0.6) is 5.75 Å². The molecule has 4 rings (SSSR count). The number of nitrogens with one attached hydrogen (secondary N) is 1. The van der Waals surface area contributed by atoms with Crippen molar-refractivity contribution in [3.63, 3.8) is 0 Å². The van der Waals surface area contributed by atoms with Crippen LogP contribution in [0.3, 0.4) is 0 Å². The van der Waals surface area contributed by atoms with Gasteiger partial charge in [-0.1, -0.05) is 0 Å². The summed E-state index contributed by atoms with van der Waals surface area (Å²) in [5, 5.41) is 4.31. The molecular formula is C19H13F4N5O4S2. The number of aromatic nitrogens is 4. The second-order valence-electron chi connectivity index (χ2n) is 6.97. The van der Waals surface area contributed by atoms with Crippen LogP contribution in [0.2, 0.25) is 0 Å². The van der Waals surface area contributed by atoms with Crippen molar-refractivity contribution in [1.29, 1.82) is 0 Å². The van der Waals surface area contributed by atoms with E-state index in [9.17, 15) is 31.9 Å². The molecule has 0 spiro atoms. The number of nitrogens with zero attached hydrogens (tertiary/aromatic N) is 4. The van der Waals surface area contributed by atoms with Gasteiger partial charge in [-0.25, -0.2) is 14.2 Å². The summed E-state index contributed by atoms with van der Waals surface area (Å²) in [6.07, 6.45) is -5.28. The van der Waals surface area contributed by atoms with Crippen molar-refractivity contribution in [3.05, 3.63) is 55.1 Å².